The van der Waals surface area contributed by atoms with Crippen LogP contribution in [-0.2, 0) is 23.0 Å². The molecule has 10 nitrogen and oxygen atoms in total. The minimum absolute atomic E-state index is 0.0571. The van der Waals surface area contributed by atoms with Gasteiger partial charge >= 0.3 is 5.97 Å². The van der Waals surface area contributed by atoms with Crippen molar-refractivity contribution in [2.24, 2.45) is 12.0 Å². The molecule has 0 aliphatic carbocycles. The van der Waals surface area contributed by atoms with E-state index in [0.29, 0.717) is 57.5 Å². The van der Waals surface area contributed by atoms with E-state index in [-0.39, 0.29) is 29.6 Å². The Labute approximate surface area is 260 Å². The van der Waals surface area contributed by atoms with Crippen molar-refractivity contribution in [3.05, 3.63) is 106 Å². The molecule has 0 unspecified atom stereocenters. The second-order valence-corrected chi connectivity index (χ2v) is 11.1. The number of esters is 1. The molecule has 2 heterocycles. The van der Waals surface area contributed by atoms with Gasteiger partial charge in [0.15, 0.2) is 11.7 Å². The zero-order valence-corrected chi connectivity index (χ0v) is 25.6. The largest absolute Gasteiger partial charge is 0.494 e. The van der Waals surface area contributed by atoms with Gasteiger partial charge in [-0.05, 0) is 75.6 Å². The predicted octanol–water partition coefficient (Wildman–Crippen LogP) is 6.42. The van der Waals surface area contributed by atoms with Gasteiger partial charge in [0.2, 0.25) is 0 Å². The van der Waals surface area contributed by atoms with Gasteiger partial charge in [-0.3, -0.25) is 24.1 Å². The van der Waals surface area contributed by atoms with Gasteiger partial charge in [-0.1, -0.05) is 36.4 Å². The summed E-state index contributed by atoms with van der Waals surface area (Å²) in [6, 6.07) is 21.3. The summed E-state index contributed by atoms with van der Waals surface area (Å²) in [4.78, 5) is 45.3. The van der Waals surface area contributed by atoms with Gasteiger partial charge in [-0.15, -0.1) is 0 Å². The van der Waals surface area contributed by atoms with Gasteiger partial charge in [0.25, 0.3) is 5.91 Å². The Hall–Kier alpha value is -5.51. The zero-order chi connectivity index (χ0) is 32.1. The molecule has 230 valence electrons. The molecule has 0 bridgehead atoms. The van der Waals surface area contributed by atoms with Crippen LogP contribution in [0.1, 0.15) is 69.9 Å². The number of aromatic amines is 1. The minimum Gasteiger partial charge on any atom is -0.494 e. The van der Waals surface area contributed by atoms with E-state index in [9.17, 15) is 19.5 Å². The summed E-state index contributed by atoms with van der Waals surface area (Å²) in [6.45, 7) is 5.48. The number of rotatable bonds is 11. The highest BCUT2D eigenvalue weighted by molar-refractivity contribution is 6.13. The Morgan fingerprint density at radius 2 is 1.80 bits per heavy atom. The molecule has 45 heavy (non-hydrogen) atoms. The molecule has 1 amide bonds. The molecule has 0 atom stereocenters. The first-order chi connectivity index (χ1) is 21.6. The molecule has 0 aliphatic rings. The third kappa shape index (κ3) is 7.53. The van der Waals surface area contributed by atoms with Crippen LogP contribution >= 0.6 is 0 Å². The number of fused-ring (bicyclic) bond motifs is 1. The standard InChI is InChI=1S/C35H35N5O5/c1-21(2)45-32(41)10-5-7-23-11-14-26(15-12-23)36-20-29-28-16-13-25(19-30(28)38-34(29)43)33(42)24-8-6-9-27(18-24)37-35(44)31-17-22(3)39-40(31)4/h6,8-9,11-21,38,43H,5,7,10H2,1-4H3,(H,37,44). The van der Waals surface area contributed by atoms with E-state index in [1.807, 2.05) is 45.0 Å². The number of amides is 1. The average Bonchev–Trinajstić information content (AvgIpc) is 3.51. The number of benzene rings is 3. The number of carbonyl (C=O) groups excluding carboxylic acids is 3. The molecule has 5 aromatic rings. The molecule has 0 spiro atoms. The van der Waals surface area contributed by atoms with E-state index < -0.39 is 0 Å². The summed E-state index contributed by atoms with van der Waals surface area (Å²) in [6.07, 6.45) is 3.32. The van der Waals surface area contributed by atoms with E-state index in [0.717, 1.165) is 17.7 Å². The number of aromatic hydroxyl groups is 1. The molecule has 3 N–H and O–H groups in total. The maximum absolute atomic E-state index is 13.4. The van der Waals surface area contributed by atoms with E-state index in [2.05, 4.69) is 20.4 Å². The lowest BCUT2D eigenvalue weighted by atomic mass is 10.0. The maximum atomic E-state index is 13.4. The van der Waals surface area contributed by atoms with Gasteiger partial charge in [0.05, 0.1) is 23.0 Å². The van der Waals surface area contributed by atoms with E-state index in [1.54, 1.807) is 61.8 Å². The molecule has 0 saturated heterocycles. The molecular weight excluding hydrogens is 570 g/mol. The van der Waals surface area contributed by atoms with Crippen molar-refractivity contribution in [2.75, 3.05) is 5.32 Å². The minimum atomic E-state index is -0.322. The van der Waals surface area contributed by atoms with Crippen LogP contribution in [0.15, 0.2) is 77.8 Å². The molecular formula is C35H35N5O5. The van der Waals surface area contributed by atoms with Crippen LogP contribution in [0.4, 0.5) is 11.4 Å². The number of nitrogens with one attached hydrogen (secondary N) is 2. The first-order valence-corrected chi connectivity index (χ1v) is 14.7. The van der Waals surface area contributed by atoms with Crippen LogP contribution < -0.4 is 5.32 Å². The zero-order valence-electron chi connectivity index (χ0n) is 25.6. The fraction of sp³-hybridized carbons (Fsp3) is 0.229. The molecule has 10 heteroatoms. The van der Waals surface area contributed by atoms with Crippen LogP contribution in [0.5, 0.6) is 5.88 Å². The monoisotopic (exact) mass is 605 g/mol. The summed E-state index contributed by atoms with van der Waals surface area (Å²) in [5, 5.41) is 18.4. The number of carbonyl (C=O) groups is 3. The van der Waals surface area contributed by atoms with E-state index in [4.69, 9.17) is 4.74 Å². The summed E-state index contributed by atoms with van der Waals surface area (Å²) < 4.78 is 6.68. The lowest BCUT2D eigenvalue weighted by Crippen LogP contribution is -2.16. The highest BCUT2D eigenvalue weighted by Gasteiger charge is 2.16. The van der Waals surface area contributed by atoms with Crippen LogP contribution in [0.25, 0.3) is 10.9 Å². The van der Waals surface area contributed by atoms with Gasteiger partial charge in [-0.25, -0.2) is 0 Å². The number of aliphatic imine (C=N–C) groups is 1. The van der Waals surface area contributed by atoms with Crippen molar-refractivity contribution in [3.63, 3.8) is 0 Å². The first kappa shape index (κ1) is 30.9. The van der Waals surface area contributed by atoms with Crippen molar-refractivity contribution in [3.8, 4) is 5.88 Å². The number of hydrogen-bond acceptors (Lipinski definition) is 7. The molecule has 0 saturated carbocycles. The molecule has 3 aromatic carbocycles. The summed E-state index contributed by atoms with van der Waals surface area (Å²) in [5.74, 6) is -0.797. The third-order valence-corrected chi connectivity index (χ3v) is 7.19. The Morgan fingerprint density at radius 3 is 2.51 bits per heavy atom. The quantitative estimate of drug-likeness (QED) is 0.0902. The highest BCUT2D eigenvalue weighted by Crippen LogP contribution is 2.28. The molecule has 0 radical (unpaired) electrons. The van der Waals surface area contributed by atoms with Crippen molar-refractivity contribution in [1.82, 2.24) is 14.8 Å². The van der Waals surface area contributed by atoms with Gasteiger partial charge in [0, 0.05) is 47.4 Å². The Morgan fingerprint density at radius 1 is 1.04 bits per heavy atom. The number of hydrogen-bond donors (Lipinski definition) is 3. The van der Waals surface area contributed by atoms with Crippen molar-refractivity contribution in [2.45, 2.75) is 46.1 Å². The number of nitrogens with zero attached hydrogens (tertiary/aromatic N) is 3. The fourth-order valence-electron chi connectivity index (χ4n) is 5.05. The second kappa shape index (κ2) is 13.4. The lowest BCUT2D eigenvalue weighted by Gasteiger charge is -2.08. The fourth-order valence-corrected chi connectivity index (χ4v) is 5.05. The first-order valence-electron chi connectivity index (χ1n) is 14.7. The van der Waals surface area contributed by atoms with Crippen LogP contribution in [-0.4, -0.2) is 49.8 Å². The smallest absolute Gasteiger partial charge is 0.306 e. The predicted molar refractivity (Wildman–Crippen MR) is 174 cm³/mol. The van der Waals surface area contributed by atoms with Crippen LogP contribution in [0, 0.1) is 6.92 Å². The van der Waals surface area contributed by atoms with Crippen LogP contribution in [0.2, 0.25) is 0 Å². The van der Waals surface area contributed by atoms with Gasteiger partial charge in [-0.2, -0.15) is 5.10 Å². The second-order valence-electron chi connectivity index (χ2n) is 11.1. The van der Waals surface area contributed by atoms with Crippen LogP contribution in [0.3, 0.4) is 0 Å². The van der Waals surface area contributed by atoms with E-state index in [1.165, 1.54) is 4.68 Å². The Bertz CT molecular complexity index is 1900. The summed E-state index contributed by atoms with van der Waals surface area (Å²) in [5.41, 5.74) is 5.36. The number of aryl methyl sites for hydroxylation is 3. The molecule has 0 fully saturated rings. The number of ketones is 1. The third-order valence-electron chi connectivity index (χ3n) is 7.19. The van der Waals surface area contributed by atoms with Crippen molar-refractivity contribution >= 4 is 46.2 Å². The summed E-state index contributed by atoms with van der Waals surface area (Å²) >= 11 is 0. The average molecular weight is 606 g/mol. The molecule has 5 rings (SSSR count). The van der Waals surface area contributed by atoms with E-state index >= 15 is 0 Å². The van der Waals surface area contributed by atoms with Crippen molar-refractivity contribution in [1.29, 1.82) is 0 Å². The topological polar surface area (TPSA) is 139 Å². The molecule has 2 aromatic heterocycles. The Kier molecular flexibility index (Phi) is 9.22. The van der Waals surface area contributed by atoms with Gasteiger partial charge in [0.1, 0.15) is 5.69 Å². The molecule has 0 aliphatic heterocycles. The summed E-state index contributed by atoms with van der Waals surface area (Å²) in [7, 11) is 1.70. The highest BCUT2D eigenvalue weighted by atomic mass is 16.5. The number of anilines is 1. The maximum Gasteiger partial charge on any atom is 0.306 e. The Balaban J connectivity index is 1.25. The van der Waals surface area contributed by atoms with Gasteiger partial charge < -0.3 is 20.1 Å². The lowest BCUT2D eigenvalue weighted by molar-refractivity contribution is -0.147. The SMILES string of the molecule is Cc1cc(C(=O)Nc2cccc(C(=O)c3ccc4c(C=Nc5ccc(CCCC(=O)OC(C)C)cc5)c(O)[nH]c4c3)c2)n(C)n1. The van der Waals surface area contributed by atoms with Crippen molar-refractivity contribution < 1.29 is 24.2 Å². The number of H-pyrrole nitrogens is 1. The normalized spacial score (nSPS) is 11.4. The number of aromatic nitrogens is 3. The number of ether oxygens (including phenoxy) is 1.